The Morgan fingerprint density at radius 1 is 1.39 bits per heavy atom. The second-order valence-electron chi connectivity index (χ2n) is 4.04. The molecule has 0 unspecified atom stereocenters. The van der Waals surface area contributed by atoms with Crippen molar-refractivity contribution in [3.63, 3.8) is 0 Å². The second-order valence-corrected chi connectivity index (χ2v) is 4.04. The zero-order valence-electron chi connectivity index (χ0n) is 10.4. The number of halogens is 1. The van der Waals surface area contributed by atoms with Crippen molar-refractivity contribution < 1.29 is 4.39 Å². The van der Waals surface area contributed by atoms with E-state index in [0.29, 0.717) is 0 Å². The van der Waals surface area contributed by atoms with E-state index >= 15 is 0 Å². The molecule has 18 heavy (non-hydrogen) atoms. The molecular formula is C13H15FN4. The second kappa shape index (κ2) is 5.00. The average molecular weight is 246 g/mol. The van der Waals surface area contributed by atoms with E-state index in [-0.39, 0.29) is 11.8 Å². The van der Waals surface area contributed by atoms with Crippen molar-refractivity contribution in [3.8, 4) is 0 Å². The minimum atomic E-state index is -0.525. The van der Waals surface area contributed by atoms with Gasteiger partial charge in [0.2, 0.25) is 5.95 Å². The van der Waals surface area contributed by atoms with Crippen molar-refractivity contribution in [1.29, 1.82) is 0 Å². The fourth-order valence-electron chi connectivity index (χ4n) is 1.74. The van der Waals surface area contributed by atoms with Gasteiger partial charge in [0.15, 0.2) is 11.6 Å². The van der Waals surface area contributed by atoms with Gasteiger partial charge in [-0.2, -0.15) is 4.98 Å². The molecule has 0 saturated carbocycles. The van der Waals surface area contributed by atoms with E-state index in [1.165, 1.54) is 11.1 Å². The van der Waals surface area contributed by atoms with E-state index in [4.69, 9.17) is 5.73 Å². The van der Waals surface area contributed by atoms with Gasteiger partial charge in [-0.15, -0.1) is 0 Å². The number of nitrogens with one attached hydrogen (secondary N) is 1. The predicted molar refractivity (Wildman–Crippen MR) is 70.2 cm³/mol. The van der Waals surface area contributed by atoms with Crippen LogP contribution in [0.3, 0.4) is 0 Å². The molecule has 1 aromatic carbocycles. The van der Waals surface area contributed by atoms with Crippen LogP contribution < -0.4 is 11.1 Å². The number of nitrogens with zero attached hydrogens (tertiary/aromatic N) is 2. The summed E-state index contributed by atoms with van der Waals surface area (Å²) in [7, 11) is 0. The van der Waals surface area contributed by atoms with Gasteiger partial charge in [-0.05, 0) is 36.6 Å². The number of hydrogen-bond acceptors (Lipinski definition) is 4. The first-order valence-electron chi connectivity index (χ1n) is 5.74. The van der Waals surface area contributed by atoms with Gasteiger partial charge in [-0.1, -0.05) is 13.0 Å². The molecule has 2 rings (SSSR count). The maximum atomic E-state index is 13.5. The van der Waals surface area contributed by atoms with Crippen LogP contribution in [0.2, 0.25) is 0 Å². The highest BCUT2D eigenvalue weighted by Gasteiger charge is 2.06. The van der Waals surface area contributed by atoms with Crippen molar-refractivity contribution in [2.75, 3.05) is 11.1 Å². The predicted octanol–water partition coefficient (Wildman–Crippen LogP) is 2.81. The Bertz CT molecular complexity index is 569. The molecule has 0 spiro atoms. The maximum Gasteiger partial charge on any atom is 0.222 e. The Balaban J connectivity index is 2.31. The largest absolute Gasteiger partial charge is 0.368 e. The zero-order chi connectivity index (χ0) is 13.1. The lowest BCUT2D eigenvalue weighted by molar-refractivity contribution is 0.620. The normalized spacial score (nSPS) is 10.4. The SMILES string of the molecule is CCc1cc(Nc2nc(N)ncc2F)ccc1C. The van der Waals surface area contributed by atoms with Crippen molar-refractivity contribution in [2.24, 2.45) is 0 Å². The number of nitrogen functional groups attached to an aromatic ring is 1. The molecule has 0 radical (unpaired) electrons. The standard InChI is InChI=1S/C13H15FN4/c1-3-9-6-10(5-4-8(9)2)17-12-11(14)7-16-13(15)18-12/h4-7H,3H2,1-2H3,(H3,15,16,17,18). The molecule has 0 aliphatic carbocycles. The van der Waals surface area contributed by atoms with Gasteiger partial charge in [0, 0.05) is 5.69 Å². The van der Waals surface area contributed by atoms with Crippen LogP contribution in [0.25, 0.3) is 0 Å². The molecule has 0 aliphatic rings. The molecule has 94 valence electrons. The molecule has 1 heterocycles. The smallest absolute Gasteiger partial charge is 0.222 e. The number of hydrogen-bond donors (Lipinski definition) is 2. The highest BCUT2D eigenvalue weighted by atomic mass is 19.1. The van der Waals surface area contributed by atoms with Gasteiger partial charge in [0.25, 0.3) is 0 Å². The summed E-state index contributed by atoms with van der Waals surface area (Å²) >= 11 is 0. The number of anilines is 3. The first kappa shape index (κ1) is 12.3. The first-order chi connectivity index (χ1) is 8.60. The van der Waals surface area contributed by atoms with Crippen LogP contribution in [0.4, 0.5) is 21.8 Å². The molecular weight excluding hydrogens is 231 g/mol. The summed E-state index contributed by atoms with van der Waals surface area (Å²) in [5.41, 5.74) is 8.64. The van der Waals surface area contributed by atoms with Crippen LogP contribution in [-0.2, 0) is 6.42 Å². The molecule has 0 aliphatic heterocycles. The van der Waals surface area contributed by atoms with Crippen LogP contribution in [0.1, 0.15) is 18.1 Å². The van der Waals surface area contributed by atoms with E-state index in [9.17, 15) is 4.39 Å². The van der Waals surface area contributed by atoms with E-state index in [1.807, 2.05) is 25.1 Å². The van der Waals surface area contributed by atoms with Gasteiger partial charge in [0.05, 0.1) is 6.20 Å². The summed E-state index contributed by atoms with van der Waals surface area (Å²) < 4.78 is 13.5. The van der Waals surface area contributed by atoms with Gasteiger partial charge in [-0.3, -0.25) is 0 Å². The fraction of sp³-hybridized carbons (Fsp3) is 0.231. The summed E-state index contributed by atoms with van der Waals surface area (Å²) in [5.74, 6) is -0.391. The van der Waals surface area contributed by atoms with Crippen molar-refractivity contribution in [3.05, 3.63) is 41.3 Å². The summed E-state index contributed by atoms with van der Waals surface area (Å²) in [6, 6.07) is 5.85. The lowest BCUT2D eigenvalue weighted by Crippen LogP contribution is -2.03. The monoisotopic (exact) mass is 246 g/mol. The molecule has 4 nitrogen and oxygen atoms in total. The molecule has 1 aromatic heterocycles. The Kier molecular flexibility index (Phi) is 3.41. The third-order valence-electron chi connectivity index (χ3n) is 2.76. The number of benzene rings is 1. The summed E-state index contributed by atoms with van der Waals surface area (Å²) in [5, 5.41) is 2.91. The van der Waals surface area contributed by atoms with Crippen LogP contribution in [0, 0.1) is 12.7 Å². The van der Waals surface area contributed by atoms with Crippen LogP contribution in [0.5, 0.6) is 0 Å². The lowest BCUT2D eigenvalue weighted by atomic mass is 10.1. The maximum absolute atomic E-state index is 13.5. The highest BCUT2D eigenvalue weighted by molar-refractivity contribution is 5.59. The van der Waals surface area contributed by atoms with Crippen LogP contribution in [0.15, 0.2) is 24.4 Å². The molecule has 3 N–H and O–H groups in total. The van der Waals surface area contributed by atoms with Crippen molar-refractivity contribution >= 4 is 17.5 Å². The van der Waals surface area contributed by atoms with Gasteiger partial charge < -0.3 is 11.1 Å². The fourth-order valence-corrected chi connectivity index (χ4v) is 1.74. The molecule has 2 aromatic rings. The molecule has 0 bridgehead atoms. The van der Waals surface area contributed by atoms with Crippen LogP contribution in [-0.4, -0.2) is 9.97 Å². The number of nitrogens with two attached hydrogens (primary N) is 1. The van der Waals surface area contributed by atoms with E-state index in [2.05, 4.69) is 22.2 Å². The van der Waals surface area contributed by atoms with Gasteiger partial charge in [-0.25, -0.2) is 9.37 Å². The lowest BCUT2D eigenvalue weighted by Gasteiger charge is -2.10. The minimum absolute atomic E-state index is 0.0433. The molecule has 0 fully saturated rings. The quantitative estimate of drug-likeness (QED) is 0.874. The average Bonchev–Trinajstić information content (AvgIpc) is 2.36. The van der Waals surface area contributed by atoms with Gasteiger partial charge in [0.1, 0.15) is 0 Å². The summed E-state index contributed by atoms with van der Waals surface area (Å²) in [6.07, 6.45) is 1.98. The summed E-state index contributed by atoms with van der Waals surface area (Å²) in [6.45, 7) is 4.13. The molecule has 0 atom stereocenters. The van der Waals surface area contributed by atoms with Gasteiger partial charge >= 0.3 is 0 Å². The van der Waals surface area contributed by atoms with Crippen molar-refractivity contribution in [2.45, 2.75) is 20.3 Å². The van der Waals surface area contributed by atoms with E-state index in [0.717, 1.165) is 18.3 Å². The number of rotatable bonds is 3. The first-order valence-corrected chi connectivity index (χ1v) is 5.74. The summed E-state index contributed by atoms with van der Waals surface area (Å²) in [4.78, 5) is 7.41. The van der Waals surface area contributed by atoms with Crippen LogP contribution >= 0.6 is 0 Å². The molecule has 0 saturated heterocycles. The van der Waals surface area contributed by atoms with E-state index < -0.39 is 5.82 Å². The van der Waals surface area contributed by atoms with E-state index in [1.54, 1.807) is 0 Å². The third kappa shape index (κ3) is 2.56. The third-order valence-corrected chi connectivity index (χ3v) is 2.76. The minimum Gasteiger partial charge on any atom is -0.368 e. The number of aromatic nitrogens is 2. The highest BCUT2D eigenvalue weighted by Crippen LogP contribution is 2.21. The molecule has 5 heteroatoms. The Morgan fingerprint density at radius 2 is 2.17 bits per heavy atom. The topological polar surface area (TPSA) is 63.8 Å². The zero-order valence-corrected chi connectivity index (χ0v) is 10.4. The molecule has 0 amide bonds. The Morgan fingerprint density at radius 3 is 2.89 bits per heavy atom. The Hall–Kier alpha value is -2.17. The Labute approximate surface area is 105 Å². The van der Waals surface area contributed by atoms with Crippen molar-refractivity contribution in [1.82, 2.24) is 9.97 Å². The number of aryl methyl sites for hydroxylation is 2.